The van der Waals surface area contributed by atoms with Crippen LogP contribution >= 0.6 is 0 Å². The molecule has 3 aliphatic heterocycles. The zero-order valence-corrected chi connectivity index (χ0v) is 22.9. The third-order valence-corrected chi connectivity index (χ3v) is 5.51. The summed E-state index contributed by atoms with van der Waals surface area (Å²) in [5.74, 6) is -1.56. The number of carboxylic acids is 1. The smallest absolute Gasteiger partial charge is 0.319 e. The van der Waals surface area contributed by atoms with Crippen molar-refractivity contribution in [3.05, 3.63) is 0 Å². The first kappa shape index (κ1) is 38.3. The highest BCUT2D eigenvalue weighted by molar-refractivity contribution is 6.11. The van der Waals surface area contributed by atoms with Crippen LogP contribution in [-0.4, -0.2) is 148 Å². The largest absolute Gasteiger partial charge is 0.481 e. The first-order valence-electron chi connectivity index (χ1n) is 12.9. The zero-order chi connectivity index (χ0) is 30.8. The molecule has 7 N–H and O–H groups in total. The molecule has 40 heavy (non-hydrogen) atoms. The molecule has 3 aliphatic rings. The van der Waals surface area contributed by atoms with Gasteiger partial charge in [0, 0.05) is 30.9 Å². The molecule has 14 nitrogen and oxygen atoms in total. The lowest BCUT2D eigenvalue weighted by molar-refractivity contribution is -0.148. The minimum atomic E-state index is -0.745. The molecule has 3 fully saturated rings. The van der Waals surface area contributed by atoms with Gasteiger partial charge in [0.25, 0.3) is 0 Å². The number of esters is 2. The highest BCUT2D eigenvalue weighted by Crippen LogP contribution is 2.19. The molecule has 3 heterocycles. The third kappa shape index (κ3) is 16.5. The van der Waals surface area contributed by atoms with Crippen LogP contribution in [0.2, 0.25) is 0 Å². The Kier molecular flexibility index (Phi) is 20.2. The van der Waals surface area contributed by atoms with Gasteiger partial charge in [-0.15, -0.1) is 0 Å². The molecule has 0 saturated carbocycles. The Hall–Kier alpha value is -1.72. The average Bonchev–Trinajstić information content (AvgIpc) is 3.54. The van der Waals surface area contributed by atoms with Gasteiger partial charge in [0.1, 0.15) is 55.1 Å². The van der Waals surface area contributed by atoms with Crippen molar-refractivity contribution in [1.82, 2.24) is 0 Å². The molecule has 0 amide bonds. The van der Waals surface area contributed by atoms with Crippen LogP contribution in [0.5, 0.6) is 0 Å². The Morgan fingerprint density at radius 3 is 1.32 bits per heavy atom. The van der Waals surface area contributed by atoms with Gasteiger partial charge in [-0.1, -0.05) is 13.8 Å². The minimum absolute atomic E-state index is 0.00486. The van der Waals surface area contributed by atoms with E-state index < -0.39 is 66.6 Å². The maximum Gasteiger partial charge on any atom is 0.319 e. The van der Waals surface area contributed by atoms with E-state index in [0.717, 1.165) is 0 Å². The lowest BCUT2D eigenvalue weighted by Crippen LogP contribution is -2.29. The number of nitrogens with two attached hydrogens (primary N) is 1. The van der Waals surface area contributed by atoms with Gasteiger partial charge in [0.05, 0.1) is 31.5 Å². The average molecular weight is 571 g/mol. The zero-order valence-electron chi connectivity index (χ0n) is 22.9. The normalized spacial score (nSPS) is 32.3. The van der Waals surface area contributed by atoms with Crippen LogP contribution in [0, 0.1) is 0 Å². The summed E-state index contributed by atoms with van der Waals surface area (Å²) in [4.78, 5) is 30.8. The van der Waals surface area contributed by atoms with Gasteiger partial charge in [-0.25, -0.2) is 0 Å². The Bertz CT molecular complexity index is 698. The summed E-state index contributed by atoms with van der Waals surface area (Å²) in [6.45, 7) is 3.07. The van der Waals surface area contributed by atoms with Gasteiger partial charge in [-0.3, -0.25) is 14.4 Å². The Balaban J connectivity index is 0.000000533. The molecule has 0 aromatic carbocycles. The van der Waals surface area contributed by atoms with Crippen molar-refractivity contribution in [3.63, 3.8) is 0 Å². The van der Waals surface area contributed by atoms with Crippen LogP contribution < -0.4 is 5.73 Å². The van der Waals surface area contributed by atoms with Crippen LogP contribution in [0.25, 0.3) is 0 Å². The number of aliphatic hydroxyl groups excluding tert-OH is 4. The van der Waals surface area contributed by atoms with E-state index in [-0.39, 0.29) is 38.8 Å². The van der Waals surface area contributed by atoms with E-state index in [1.807, 2.05) is 0 Å². The fourth-order valence-electron chi connectivity index (χ4n) is 3.26. The maximum absolute atomic E-state index is 10.8. The molecule has 17 heteroatoms. The number of aliphatic hydroxyl groups is 4. The molecule has 9 atom stereocenters. The van der Waals surface area contributed by atoms with E-state index >= 15 is 0 Å². The van der Waals surface area contributed by atoms with E-state index in [0.29, 0.717) is 25.7 Å². The van der Waals surface area contributed by atoms with Gasteiger partial charge >= 0.3 is 17.9 Å². The molecule has 0 spiro atoms. The van der Waals surface area contributed by atoms with Crippen LogP contribution in [0.4, 0.5) is 0 Å². The molecule has 0 aliphatic carbocycles. The fourth-order valence-corrected chi connectivity index (χ4v) is 3.26. The molecule has 3 saturated heterocycles. The molecule has 0 bridgehead atoms. The monoisotopic (exact) mass is 571 g/mol. The van der Waals surface area contributed by atoms with Gasteiger partial charge in [0.2, 0.25) is 0 Å². The molecule has 6 radical (unpaired) electrons. The van der Waals surface area contributed by atoms with Crippen LogP contribution in [0.3, 0.4) is 0 Å². The van der Waals surface area contributed by atoms with E-state index in [1.54, 1.807) is 13.8 Å². The Labute approximate surface area is 238 Å². The van der Waals surface area contributed by atoms with Crippen LogP contribution in [-0.2, 0) is 38.1 Å². The summed E-state index contributed by atoms with van der Waals surface area (Å²) in [5.41, 5.74) is 5.02. The van der Waals surface area contributed by atoms with Crippen LogP contribution in [0.1, 0.15) is 46.0 Å². The van der Waals surface area contributed by atoms with Crippen molar-refractivity contribution in [2.24, 2.45) is 5.73 Å². The van der Waals surface area contributed by atoms with Gasteiger partial charge in [-0.05, 0) is 19.3 Å². The van der Waals surface area contributed by atoms with Crippen molar-refractivity contribution < 1.29 is 63.6 Å². The number of hydrogen-bond acceptors (Lipinski definition) is 13. The SMILES string of the molecule is CCC(=O)O.[B][C@@H]1C[C@H](O)[C@H](CO)O1.[B][C@@H]1C[C@H](O)[C@H](COC(=O)CC)O1.[B][C@@H]1C[C@H](O)[C@H](COC(=O)CN)O1. The number of carbonyl (C=O) groups excluding carboxylic acids is 2. The van der Waals surface area contributed by atoms with Gasteiger partial charge < -0.3 is 55.0 Å². The van der Waals surface area contributed by atoms with E-state index in [9.17, 15) is 24.6 Å². The second-order valence-corrected chi connectivity index (χ2v) is 8.90. The first-order valence-corrected chi connectivity index (χ1v) is 12.9. The minimum Gasteiger partial charge on any atom is -0.481 e. The molecular weight excluding hydrogens is 531 g/mol. The molecule has 0 unspecified atom stereocenters. The second-order valence-electron chi connectivity index (χ2n) is 8.90. The first-order chi connectivity index (χ1) is 18.8. The molecule has 3 rings (SSSR count). The highest BCUT2D eigenvalue weighted by atomic mass is 16.6. The predicted octanol–water partition coefficient (Wildman–Crippen LogP) is -3.18. The number of rotatable bonds is 8. The lowest BCUT2D eigenvalue weighted by atomic mass is 9.96. The summed E-state index contributed by atoms with van der Waals surface area (Å²) < 4.78 is 24.6. The summed E-state index contributed by atoms with van der Waals surface area (Å²) in [6, 6.07) is -1.32. The topological polar surface area (TPSA) is 225 Å². The van der Waals surface area contributed by atoms with Crippen LogP contribution in [0.15, 0.2) is 0 Å². The van der Waals surface area contributed by atoms with Crippen molar-refractivity contribution in [2.75, 3.05) is 26.4 Å². The summed E-state index contributed by atoms with van der Waals surface area (Å²) in [6.07, 6.45) is -1.61. The summed E-state index contributed by atoms with van der Waals surface area (Å²) >= 11 is 0. The molecular formula is C23H40B3NO13. The van der Waals surface area contributed by atoms with Crippen molar-refractivity contribution in [2.45, 2.75) is 101 Å². The quantitative estimate of drug-likeness (QED) is 0.125. The number of hydrogen-bond donors (Lipinski definition) is 6. The second kappa shape index (κ2) is 21.1. The molecule has 0 aromatic heterocycles. The van der Waals surface area contributed by atoms with E-state index in [4.69, 9.17) is 63.5 Å². The Morgan fingerprint density at radius 1 is 0.750 bits per heavy atom. The van der Waals surface area contributed by atoms with E-state index in [1.165, 1.54) is 0 Å². The molecule has 0 aromatic rings. The number of carbonyl (C=O) groups is 3. The summed E-state index contributed by atoms with van der Waals surface area (Å²) in [7, 11) is 16.1. The predicted molar refractivity (Wildman–Crippen MR) is 141 cm³/mol. The van der Waals surface area contributed by atoms with Crippen molar-refractivity contribution in [3.8, 4) is 0 Å². The van der Waals surface area contributed by atoms with Crippen molar-refractivity contribution in [1.29, 1.82) is 0 Å². The molecule has 224 valence electrons. The maximum atomic E-state index is 10.8. The standard InChI is InChI=1S/C8H13BO4.C7H12BNO4.C5H9BO3.C3H6O2/c1-2-8(11)12-4-6-5(10)3-7(9)13-6;8-6-1-4(10)5(13-6)3-12-7(11)2-9;6-5-1-3(8)4(2-7)9-5;1-2-3(4)5/h5-7,10H,2-4H2,1H3;4-6,10H,1-3,9H2;3-5,7-8H,1-2H2;2H2,1H3,(H,4,5)/t5-,6-,7-;4-,5-,6-;3-,4-,5-;/m000./s1. The fraction of sp³-hybridized carbons (Fsp3) is 0.870. The number of ether oxygens (including phenoxy) is 5. The number of aliphatic carboxylic acids is 1. The van der Waals surface area contributed by atoms with E-state index in [2.05, 4.69) is 4.74 Å². The lowest BCUT2D eigenvalue weighted by Gasteiger charge is -2.13. The highest BCUT2D eigenvalue weighted by Gasteiger charge is 2.33. The van der Waals surface area contributed by atoms with Gasteiger partial charge in [0.15, 0.2) is 0 Å². The Morgan fingerprint density at radius 2 is 1.10 bits per heavy atom. The van der Waals surface area contributed by atoms with Crippen molar-refractivity contribution >= 4 is 41.4 Å². The number of carboxylic acid groups (broad SMARTS) is 1. The summed E-state index contributed by atoms with van der Waals surface area (Å²) in [5, 5.41) is 43.9. The third-order valence-electron chi connectivity index (χ3n) is 5.51. The van der Waals surface area contributed by atoms with Gasteiger partial charge in [-0.2, -0.15) is 0 Å².